The van der Waals surface area contributed by atoms with Crippen molar-refractivity contribution in [3.8, 4) is 0 Å². The Labute approximate surface area is 160 Å². The summed E-state index contributed by atoms with van der Waals surface area (Å²) in [5, 5.41) is 13.5. The van der Waals surface area contributed by atoms with E-state index >= 15 is 0 Å². The number of nitrogens with one attached hydrogen (secondary N) is 3. The van der Waals surface area contributed by atoms with E-state index < -0.39 is 0 Å². The van der Waals surface area contributed by atoms with E-state index in [9.17, 15) is 4.79 Å². The molecule has 1 aromatic carbocycles. The normalized spacial score (nSPS) is 12.1. The number of benzene rings is 1. The van der Waals surface area contributed by atoms with Crippen LogP contribution in [0.1, 0.15) is 22.8 Å². The van der Waals surface area contributed by atoms with Crippen LogP contribution in [-0.2, 0) is 0 Å². The molecule has 6 nitrogen and oxygen atoms in total. The van der Waals surface area contributed by atoms with Crippen LogP contribution in [0.5, 0.6) is 0 Å². The maximum absolute atomic E-state index is 12.7. The van der Waals surface area contributed by atoms with Crippen molar-refractivity contribution in [2.75, 3.05) is 18.9 Å². The highest BCUT2D eigenvalue weighted by Gasteiger charge is 2.11. The summed E-state index contributed by atoms with van der Waals surface area (Å²) in [5.74, 6) is 0.434. The van der Waals surface area contributed by atoms with Crippen LogP contribution in [0.4, 0.5) is 5.69 Å². The minimum absolute atomic E-state index is 0.196. The summed E-state index contributed by atoms with van der Waals surface area (Å²) in [6, 6.07) is 5.15. The van der Waals surface area contributed by atoms with Gasteiger partial charge in [-0.3, -0.25) is 14.8 Å². The maximum Gasteiger partial charge on any atom is 0.194 e. The summed E-state index contributed by atoms with van der Waals surface area (Å²) in [7, 11) is 1.77. The predicted octanol–water partition coefficient (Wildman–Crippen LogP) is 3.76. The van der Waals surface area contributed by atoms with E-state index in [-0.39, 0.29) is 5.78 Å². The van der Waals surface area contributed by atoms with Crippen LogP contribution in [0.25, 0.3) is 0 Å². The molecular weight excluding hydrogens is 338 g/mol. The molecule has 6 heteroatoms. The zero-order valence-corrected chi connectivity index (χ0v) is 15.7. The molecule has 0 aliphatic rings. The van der Waals surface area contributed by atoms with Crippen molar-refractivity contribution >= 4 is 30.2 Å². The molecular formula is C21H25N5O. The zero-order valence-electron chi connectivity index (χ0n) is 15.7. The van der Waals surface area contributed by atoms with Gasteiger partial charge in [-0.2, -0.15) is 0 Å². The van der Waals surface area contributed by atoms with Crippen molar-refractivity contribution in [2.45, 2.75) is 6.92 Å². The first-order valence-electron chi connectivity index (χ1n) is 8.25. The summed E-state index contributed by atoms with van der Waals surface area (Å²) in [4.78, 5) is 20.7. The van der Waals surface area contributed by atoms with Crippen molar-refractivity contribution in [1.29, 1.82) is 5.41 Å². The molecule has 0 bridgehead atoms. The van der Waals surface area contributed by atoms with Gasteiger partial charge in [-0.05, 0) is 37.4 Å². The van der Waals surface area contributed by atoms with Crippen molar-refractivity contribution in [2.24, 2.45) is 9.98 Å². The van der Waals surface area contributed by atoms with Crippen LogP contribution < -0.4 is 10.6 Å². The summed E-state index contributed by atoms with van der Waals surface area (Å²) in [5.41, 5.74) is 3.12. The Morgan fingerprint density at radius 3 is 2.59 bits per heavy atom. The molecule has 1 rings (SSSR count). The fourth-order valence-corrected chi connectivity index (χ4v) is 2.15. The first-order chi connectivity index (χ1) is 13.0. The SMILES string of the molecule is C=C/C(=C\N=C)CN=C(C)N/C=C(\C=C)C(=O)c1ccc(NC)c(C=N)c1. The lowest BCUT2D eigenvalue weighted by Gasteiger charge is -2.08. The molecule has 0 heterocycles. The Hall–Kier alpha value is -3.54. The second-order valence-corrected chi connectivity index (χ2v) is 5.47. The Bertz CT molecular complexity index is 831. The Morgan fingerprint density at radius 1 is 1.30 bits per heavy atom. The van der Waals surface area contributed by atoms with Crippen LogP contribution in [0, 0.1) is 5.41 Å². The van der Waals surface area contributed by atoms with E-state index in [0.717, 1.165) is 11.3 Å². The third-order valence-electron chi connectivity index (χ3n) is 3.68. The highest BCUT2D eigenvalue weighted by Crippen LogP contribution is 2.18. The molecule has 0 saturated heterocycles. The highest BCUT2D eigenvalue weighted by molar-refractivity contribution is 6.11. The molecule has 0 unspecified atom stereocenters. The van der Waals surface area contributed by atoms with E-state index in [1.807, 2.05) is 0 Å². The second-order valence-electron chi connectivity index (χ2n) is 5.47. The van der Waals surface area contributed by atoms with E-state index in [1.54, 1.807) is 50.6 Å². The summed E-state index contributed by atoms with van der Waals surface area (Å²) in [6.07, 6.45) is 7.50. The number of aliphatic imine (C=N–C) groups is 2. The molecule has 0 radical (unpaired) electrons. The second kappa shape index (κ2) is 11.1. The quantitative estimate of drug-likeness (QED) is 0.194. The van der Waals surface area contributed by atoms with Gasteiger partial charge >= 0.3 is 0 Å². The van der Waals surface area contributed by atoms with Gasteiger partial charge in [0.05, 0.1) is 12.4 Å². The monoisotopic (exact) mass is 363 g/mol. The van der Waals surface area contributed by atoms with Crippen LogP contribution in [-0.4, -0.2) is 38.1 Å². The number of rotatable bonds is 10. The number of ketones is 1. The van der Waals surface area contributed by atoms with Gasteiger partial charge in [0.15, 0.2) is 5.78 Å². The van der Waals surface area contributed by atoms with Crippen LogP contribution in [0.2, 0.25) is 0 Å². The fourth-order valence-electron chi connectivity index (χ4n) is 2.15. The standard InChI is InChI=1S/C21H25N5O/c1-6-16(12-23-4)13-25-15(3)26-14-17(7-2)21(27)18-8-9-20(24-5)19(10-18)11-22/h6-12,14,22,24H,1-2,4,13H2,3,5H3,(H,25,26)/b16-12+,17-14+,22-11?. The molecule has 0 amide bonds. The first kappa shape index (κ1) is 21.5. The third kappa shape index (κ3) is 6.36. The predicted molar refractivity (Wildman–Crippen MR) is 115 cm³/mol. The molecule has 0 fully saturated rings. The number of allylic oxidation sites excluding steroid dienone is 2. The Balaban J connectivity index is 2.96. The van der Waals surface area contributed by atoms with Crippen molar-refractivity contribution in [3.05, 3.63) is 78.2 Å². The zero-order chi connectivity index (χ0) is 20.2. The summed E-state index contributed by atoms with van der Waals surface area (Å²) < 4.78 is 0. The van der Waals surface area contributed by atoms with E-state index in [2.05, 4.69) is 40.5 Å². The van der Waals surface area contributed by atoms with E-state index in [0.29, 0.717) is 29.1 Å². The summed E-state index contributed by atoms with van der Waals surface area (Å²) in [6.45, 7) is 13.0. The highest BCUT2D eigenvalue weighted by atomic mass is 16.1. The van der Waals surface area contributed by atoms with Crippen molar-refractivity contribution in [1.82, 2.24) is 5.32 Å². The largest absolute Gasteiger partial charge is 0.388 e. The van der Waals surface area contributed by atoms with Crippen LogP contribution in [0.15, 0.2) is 77.0 Å². The average molecular weight is 363 g/mol. The minimum atomic E-state index is -0.196. The number of amidine groups is 1. The first-order valence-corrected chi connectivity index (χ1v) is 8.25. The Morgan fingerprint density at radius 2 is 2.04 bits per heavy atom. The lowest BCUT2D eigenvalue weighted by Crippen LogP contribution is -2.16. The number of carbonyl (C=O) groups excluding carboxylic acids is 1. The number of carbonyl (C=O) groups is 1. The van der Waals surface area contributed by atoms with Crippen LogP contribution >= 0.6 is 0 Å². The number of anilines is 1. The molecule has 0 saturated carbocycles. The number of hydrogen-bond donors (Lipinski definition) is 3. The maximum atomic E-state index is 12.7. The molecule has 0 atom stereocenters. The van der Waals surface area contributed by atoms with Gasteiger partial charge in [0, 0.05) is 48.0 Å². The van der Waals surface area contributed by atoms with Gasteiger partial charge in [0.1, 0.15) is 0 Å². The Kier molecular flexibility index (Phi) is 8.88. The van der Waals surface area contributed by atoms with E-state index in [1.165, 1.54) is 12.3 Å². The van der Waals surface area contributed by atoms with Crippen LogP contribution in [0.3, 0.4) is 0 Å². The molecule has 0 aliphatic carbocycles. The molecule has 1 aromatic rings. The number of nitrogens with zero attached hydrogens (tertiary/aromatic N) is 2. The molecule has 3 N–H and O–H groups in total. The van der Waals surface area contributed by atoms with Gasteiger partial charge in [-0.25, -0.2) is 0 Å². The molecule has 0 aromatic heterocycles. The molecule has 27 heavy (non-hydrogen) atoms. The number of Topliss-reactive ketones (excluding diaryl/α,β-unsaturated/α-hetero) is 1. The number of hydrogen-bond acceptors (Lipinski definition) is 5. The minimum Gasteiger partial charge on any atom is -0.388 e. The van der Waals surface area contributed by atoms with E-state index in [4.69, 9.17) is 5.41 Å². The van der Waals surface area contributed by atoms with Crippen molar-refractivity contribution in [3.63, 3.8) is 0 Å². The van der Waals surface area contributed by atoms with Gasteiger partial charge < -0.3 is 16.0 Å². The fraction of sp³-hybridized carbons (Fsp3) is 0.143. The topological polar surface area (TPSA) is 89.7 Å². The van der Waals surface area contributed by atoms with Gasteiger partial charge in [0.25, 0.3) is 0 Å². The molecule has 0 spiro atoms. The smallest absolute Gasteiger partial charge is 0.194 e. The summed E-state index contributed by atoms with van der Waals surface area (Å²) >= 11 is 0. The van der Waals surface area contributed by atoms with Crippen molar-refractivity contribution < 1.29 is 4.79 Å². The van der Waals surface area contributed by atoms with Gasteiger partial charge in [-0.15, -0.1) is 0 Å². The van der Waals surface area contributed by atoms with Gasteiger partial charge in [-0.1, -0.05) is 25.3 Å². The molecule has 0 aliphatic heterocycles. The average Bonchev–Trinajstić information content (AvgIpc) is 2.70. The lowest BCUT2D eigenvalue weighted by molar-refractivity contribution is 0.103. The lowest BCUT2D eigenvalue weighted by atomic mass is 10.0. The molecule has 140 valence electrons. The van der Waals surface area contributed by atoms with Gasteiger partial charge in [0.2, 0.25) is 0 Å². The third-order valence-corrected chi connectivity index (χ3v) is 3.68.